The molecule has 1 aromatic carbocycles. The highest BCUT2D eigenvalue weighted by Gasteiger charge is 2.21. The molecule has 1 N–H and O–H groups in total. The SMILES string of the molecule is C[C@@H](O)CN1CCC(CN(C)Cc2cccc(C(=O)N(C)C)c2)CC1. The maximum absolute atomic E-state index is 12.1. The molecule has 25 heavy (non-hydrogen) atoms. The standard InChI is InChI=1S/C20H33N3O2/c1-16(24)13-23-10-8-17(9-11-23)14-22(4)15-18-6-5-7-19(12-18)20(25)21(2)3/h5-7,12,16-17,24H,8-11,13-15H2,1-4H3/t16-/m1/s1. The quantitative estimate of drug-likeness (QED) is 0.819. The fourth-order valence-corrected chi connectivity index (χ4v) is 3.60. The molecule has 1 amide bonds. The summed E-state index contributed by atoms with van der Waals surface area (Å²) in [6.07, 6.45) is 2.14. The van der Waals surface area contributed by atoms with Crippen LogP contribution in [0.1, 0.15) is 35.7 Å². The lowest BCUT2D eigenvalue weighted by atomic mass is 9.96. The first-order chi connectivity index (χ1) is 11.8. The number of aliphatic hydroxyl groups is 1. The zero-order chi connectivity index (χ0) is 18.4. The van der Waals surface area contributed by atoms with Gasteiger partial charge in [0.05, 0.1) is 6.10 Å². The summed E-state index contributed by atoms with van der Waals surface area (Å²) in [6, 6.07) is 7.94. The second-order valence-corrected chi connectivity index (χ2v) is 7.69. The molecule has 1 saturated heterocycles. The van der Waals surface area contributed by atoms with Crippen LogP contribution < -0.4 is 0 Å². The fraction of sp³-hybridized carbons (Fsp3) is 0.650. The van der Waals surface area contributed by atoms with Gasteiger partial charge in [0.1, 0.15) is 0 Å². The van der Waals surface area contributed by atoms with Crippen molar-refractivity contribution >= 4 is 5.91 Å². The zero-order valence-corrected chi connectivity index (χ0v) is 16.1. The van der Waals surface area contributed by atoms with Gasteiger partial charge in [-0.25, -0.2) is 0 Å². The van der Waals surface area contributed by atoms with Crippen molar-refractivity contribution in [2.45, 2.75) is 32.4 Å². The average molecular weight is 348 g/mol. The zero-order valence-electron chi connectivity index (χ0n) is 16.1. The summed E-state index contributed by atoms with van der Waals surface area (Å²) in [5, 5.41) is 9.50. The Kier molecular flexibility index (Phi) is 7.41. The molecule has 5 heteroatoms. The first-order valence-electron chi connectivity index (χ1n) is 9.24. The molecular formula is C20H33N3O2. The van der Waals surface area contributed by atoms with E-state index >= 15 is 0 Å². The van der Waals surface area contributed by atoms with E-state index in [1.54, 1.807) is 19.0 Å². The number of nitrogens with zero attached hydrogens (tertiary/aromatic N) is 3. The van der Waals surface area contributed by atoms with Gasteiger partial charge < -0.3 is 19.8 Å². The number of β-amino-alcohol motifs (C(OH)–C–C–N with tert-alkyl or cyclic N) is 1. The number of benzene rings is 1. The smallest absolute Gasteiger partial charge is 0.253 e. The Morgan fingerprint density at radius 3 is 2.56 bits per heavy atom. The van der Waals surface area contributed by atoms with Crippen molar-refractivity contribution in [3.63, 3.8) is 0 Å². The molecule has 0 saturated carbocycles. The van der Waals surface area contributed by atoms with Crippen molar-refractivity contribution in [2.24, 2.45) is 5.92 Å². The second kappa shape index (κ2) is 9.32. The van der Waals surface area contributed by atoms with Gasteiger partial charge in [-0.15, -0.1) is 0 Å². The van der Waals surface area contributed by atoms with E-state index in [0.717, 1.165) is 38.3 Å². The van der Waals surface area contributed by atoms with Gasteiger partial charge >= 0.3 is 0 Å². The van der Waals surface area contributed by atoms with Gasteiger partial charge in [0.2, 0.25) is 0 Å². The van der Waals surface area contributed by atoms with Gasteiger partial charge in [-0.2, -0.15) is 0 Å². The molecule has 0 aromatic heterocycles. The minimum atomic E-state index is -0.239. The van der Waals surface area contributed by atoms with E-state index in [-0.39, 0.29) is 12.0 Å². The molecule has 1 aliphatic rings. The van der Waals surface area contributed by atoms with Crippen LogP contribution in [0.15, 0.2) is 24.3 Å². The number of likely N-dealkylation sites (tertiary alicyclic amines) is 1. The summed E-state index contributed by atoms with van der Waals surface area (Å²) < 4.78 is 0. The number of aliphatic hydroxyl groups excluding tert-OH is 1. The summed E-state index contributed by atoms with van der Waals surface area (Å²) in [6.45, 7) is 6.74. The lowest BCUT2D eigenvalue weighted by molar-refractivity contribution is 0.0827. The lowest BCUT2D eigenvalue weighted by Gasteiger charge is -2.34. The van der Waals surface area contributed by atoms with E-state index in [1.165, 1.54) is 18.4 Å². The van der Waals surface area contributed by atoms with Gasteiger partial charge in [0.25, 0.3) is 5.91 Å². The summed E-state index contributed by atoms with van der Waals surface area (Å²) in [7, 11) is 5.72. The Hall–Kier alpha value is -1.43. The van der Waals surface area contributed by atoms with E-state index in [0.29, 0.717) is 5.92 Å². The van der Waals surface area contributed by atoms with E-state index < -0.39 is 0 Å². The molecule has 0 bridgehead atoms. The van der Waals surface area contributed by atoms with E-state index in [9.17, 15) is 9.90 Å². The minimum Gasteiger partial charge on any atom is -0.392 e. The summed E-state index contributed by atoms with van der Waals surface area (Å²) >= 11 is 0. The van der Waals surface area contributed by atoms with Crippen molar-refractivity contribution < 1.29 is 9.90 Å². The Bertz CT molecular complexity index is 552. The average Bonchev–Trinajstić information content (AvgIpc) is 2.55. The number of hydrogen-bond acceptors (Lipinski definition) is 4. The van der Waals surface area contributed by atoms with Gasteiger partial charge in [-0.1, -0.05) is 12.1 Å². The molecule has 1 aromatic rings. The maximum atomic E-state index is 12.1. The third-order valence-electron chi connectivity index (χ3n) is 4.83. The van der Waals surface area contributed by atoms with Crippen LogP contribution in [0.3, 0.4) is 0 Å². The number of hydrogen-bond donors (Lipinski definition) is 1. The Morgan fingerprint density at radius 2 is 1.96 bits per heavy atom. The van der Waals surface area contributed by atoms with E-state index in [1.807, 2.05) is 25.1 Å². The predicted molar refractivity (Wildman–Crippen MR) is 102 cm³/mol. The molecule has 0 spiro atoms. The second-order valence-electron chi connectivity index (χ2n) is 7.69. The van der Waals surface area contributed by atoms with E-state index in [4.69, 9.17) is 0 Å². The molecule has 140 valence electrons. The topological polar surface area (TPSA) is 47.0 Å². The van der Waals surface area contributed by atoms with Crippen LogP contribution in [-0.4, -0.2) is 79.1 Å². The number of piperidine rings is 1. The number of carbonyl (C=O) groups is 1. The van der Waals surface area contributed by atoms with Gasteiger partial charge in [-0.05, 0) is 63.5 Å². The summed E-state index contributed by atoms with van der Waals surface area (Å²) in [5.41, 5.74) is 1.93. The predicted octanol–water partition coefficient (Wildman–Crippen LogP) is 1.91. The van der Waals surface area contributed by atoms with Crippen LogP contribution in [0.25, 0.3) is 0 Å². The minimum absolute atomic E-state index is 0.0509. The highest BCUT2D eigenvalue weighted by atomic mass is 16.3. The van der Waals surface area contributed by atoms with Crippen molar-refractivity contribution in [1.29, 1.82) is 0 Å². The third kappa shape index (κ3) is 6.42. The first kappa shape index (κ1) is 19.9. The number of amides is 1. The van der Waals surface area contributed by atoms with Crippen molar-refractivity contribution in [3.05, 3.63) is 35.4 Å². The molecule has 1 fully saturated rings. The highest BCUT2D eigenvalue weighted by molar-refractivity contribution is 5.94. The third-order valence-corrected chi connectivity index (χ3v) is 4.83. The van der Waals surface area contributed by atoms with Gasteiger partial charge in [0.15, 0.2) is 0 Å². The molecule has 5 nitrogen and oxygen atoms in total. The van der Waals surface area contributed by atoms with Crippen LogP contribution in [0.4, 0.5) is 0 Å². The molecule has 0 aliphatic carbocycles. The Morgan fingerprint density at radius 1 is 1.28 bits per heavy atom. The number of carbonyl (C=O) groups excluding carboxylic acids is 1. The van der Waals surface area contributed by atoms with Crippen molar-refractivity contribution in [2.75, 3.05) is 47.3 Å². The molecule has 0 radical (unpaired) electrons. The van der Waals surface area contributed by atoms with Crippen molar-refractivity contribution in [1.82, 2.24) is 14.7 Å². The molecule has 1 heterocycles. The molecule has 2 rings (SSSR count). The molecule has 0 unspecified atom stereocenters. The monoisotopic (exact) mass is 347 g/mol. The molecule has 1 atom stereocenters. The van der Waals surface area contributed by atoms with Crippen LogP contribution in [0, 0.1) is 5.92 Å². The molecular weight excluding hydrogens is 314 g/mol. The summed E-state index contributed by atoms with van der Waals surface area (Å²) in [5.74, 6) is 0.761. The Labute approximate surface area is 152 Å². The van der Waals surface area contributed by atoms with Crippen LogP contribution >= 0.6 is 0 Å². The van der Waals surface area contributed by atoms with Crippen LogP contribution in [0.5, 0.6) is 0 Å². The fourth-order valence-electron chi connectivity index (χ4n) is 3.60. The largest absolute Gasteiger partial charge is 0.392 e. The van der Waals surface area contributed by atoms with Crippen LogP contribution in [-0.2, 0) is 6.54 Å². The van der Waals surface area contributed by atoms with Gasteiger partial charge in [-0.3, -0.25) is 4.79 Å². The molecule has 1 aliphatic heterocycles. The van der Waals surface area contributed by atoms with Crippen LogP contribution in [0.2, 0.25) is 0 Å². The summed E-state index contributed by atoms with van der Waals surface area (Å²) in [4.78, 5) is 18.4. The maximum Gasteiger partial charge on any atom is 0.253 e. The van der Waals surface area contributed by atoms with Gasteiger partial charge in [0, 0.05) is 39.3 Å². The first-order valence-corrected chi connectivity index (χ1v) is 9.24. The number of rotatable bonds is 7. The van der Waals surface area contributed by atoms with E-state index in [2.05, 4.69) is 22.9 Å². The Balaban J connectivity index is 1.82. The lowest BCUT2D eigenvalue weighted by Crippen LogP contribution is -2.40. The highest BCUT2D eigenvalue weighted by Crippen LogP contribution is 2.19. The van der Waals surface area contributed by atoms with Crippen molar-refractivity contribution in [3.8, 4) is 0 Å². The normalized spacial score (nSPS) is 17.7.